The largest absolute Gasteiger partial charge is 0.355 e. The fourth-order valence-electron chi connectivity index (χ4n) is 1.67. The first-order valence-electron chi connectivity index (χ1n) is 6.08. The molecule has 18 heavy (non-hydrogen) atoms. The highest BCUT2D eigenvalue weighted by Gasteiger charge is 2.08. The molecule has 5 nitrogen and oxygen atoms in total. The predicted molar refractivity (Wildman–Crippen MR) is 70.1 cm³/mol. The molecule has 1 amide bonds. The molecule has 0 bridgehead atoms. The highest BCUT2D eigenvalue weighted by molar-refractivity contribution is 5.78. The van der Waals surface area contributed by atoms with Gasteiger partial charge in [-0.3, -0.25) is 4.79 Å². The molecule has 0 aliphatic heterocycles. The first kappa shape index (κ1) is 12.6. The van der Waals surface area contributed by atoms with Gasteiger partial charge in [-0.25, -0.2) is 4.98 Å². The van der Waals surface area contributed by atoms with Crippen LogP contribution in [-0.4, -0.2) is 28.4 Å². The number of amides is 1. The van der Waals surface area contributed by atoms with E-state index in [0.717, 1.165) is 11.3 Å². The van der Waals surface area contributed by atoms with Crippen LogP contribution in [-0.2, 0) is 11.2 Å². The zero-order chi connectivity index (χ0) is 13.0. The quantitative estimate of drug-likeness (QED) is 0.811. The van der Waals surface area contributed by atoms with Crippen molar-refractivity contribution in [1.82, 2.24) is 14.7 Å². The molecular formula is C13H18N4O. The van der Waals surface area contributed by atoms with Gasteiger partial charge >= 0.3 is 0 Å². The summed E-state index contributed by atoms with van der Waals surface area (Å²) >= 11 is 0. The molecule has 5 heteroatoms. The Morgan fingerprint density at radius 1 is 1.56 bits per heavy atom. The molecule has 2 aromatic rings. The Bertz CT molecular complexity index is 502. The molecule has 0 spiro atoms. The number of fused-ring (bicyclic) bond motifs is 1. The van der Waals surface area contributed by atoms with E-state index in [-0.39, 0.29) is 5.91 Å². The summed E-state index contributed by atoms with van der Waals surface area (Å²) in [4.78, 5) is 16.1. The molecule has 0 aliphatic rings. The molecule has 1 atom stereocenters. The lowest BCUT2D eigenvalue weighted by Crippen LogP contribution is -2.32. The van der Waals surface area contributed by atoms with Crippen molar-refractivity contribution in [3.05, 3.63) is 36.3 Å². The molecule has 2 aromatic heterocycles. The number of carbonyl (C=O) groups is 1. The van der Waals surface area contributed by atoms with Gasteiger partial charge in [-0.1, -0.05) is 13.0 Å². The van der Waals surface area contributed by atoms with Crippen molar-refractivity contribution < 1.29 is 4.79 Å². The summed E-state index contributed by atoms with van der Waals surface area (Å²) in [7, 11) is 0. The molecule has 3 N–H and O–H groups in total. The number of aromatic nitrogens is 2. The van der Waals surface area contributed by atoms with Crippen molar-refractivity contribution in [2.45, 2.75) is 13.3 Å². The second-order valence-corrected chi connectivity index (χ2v) is 4.52. The number of imidazole rings is 1. The number of carbonyl (C=O) groups excluding carboxylic acids is 1. The number of nitrogens with zero attached hydrogens (tertiary/aromatic N) is 2. The van der Waals surface area contributed by atoms with E-state index in [9.17, 15) is 4.79 Å². The third kappa shape index (κ3) is 3.07. The maximum atomic E-state index is 11.7. The van der Waals surface area contributed by atoms with Gasteiger partial charge in [-0.05, 0) is 24.6 Å². The van der Waals surface area contributed by atoms with Crippen LogP contribution in [0.25, 0.3) is 5.65 Å². The van der Waals surface area contributed by atoms with Crippen LogP contribution in [0.1, 0.15) is 12.6 Å². The standard InChI is InChI=1S/C13H18N4O/c1-10(7-14)8-15-13(18)6-11-9-17-5-3-2-4-12(17)16-11/h2-5,9-10H,6-8,14H2,1H3,(H,15,18). The van der Waals surface area contributed by atoms with Gasteiger partial charge in [0.05, 0.1) is 12.1 Å². The Kier molecular flexibility index (Phi) is 3.94. The lowest BCUT2D eigenvalue weighted by atomic mass is 10.2. The molecule has 0 saturated heterocycles. The molecule has 0 saturated carbocycles. The fourth-order valence-corrected chi connectivity index (χ4v) is 1.67. The van der Waals surface area contributed by atoms with Crippen molar-refractivity contribution >= 4 is 11.6 Å². The van der Waals surface area contributed by atoms with Gasteiger partial charge in [0.1, 0.15) is 5.65 Å². The smallest absolute Gasteiger partial charge is 0.226 e. The molecular weight excluding hydrogens is 228 g/mol. The molecule has 0 fully saturated rings. The van der Waals surface area contributed by atoms with Crippen LogP contribution in [0.15, 0.2) is 30.6 Å². The number of rotatable bonds is 5. The minimum Gasteiger partial charge on any atom is -0.355 e. The van der Waals surface area contributed by atoms with Gasteiger partial charge in [0.25, 0.3) is 0 Å². The van der Waals surface area contributed by atoms with Crippen LogP contribution in [0.5, 0.6) is 0 Å². The number of hydrogen-bond acceptors (Lipinski definition) is 3. The van der Waals surface area contributed by atoms with Crippen LogP contribution < -0.4 is 11.1 Å². The van der Waals surface area contributed by atoms with Crippen LogP contribution in [0, 0.1) is 5.92 Å². The summed E-state index contributed by atoms with van der Waals surface area (Å²) in [6.45, 7) is 3.20. The maximum Gasteiger partial charge on any atom is 0.226 e. The van der Waals surface area contributed by atoms with Crippen molar-refractivity contribution in [2.24, 2.45) is 11.7 Å². The number of pyridine rings is 1. The summed E-state index contributed by atoms with van der Waals surface area (Å²) in [5.74, 6) is 0.286. The van der Waals surface area contributed by atoms with Crippen LogP contribution >= 0.6 is 0 Å². The first-order chi connectivity index (χ1) is 8.69. The van der Waals surface area contributed by atoms with Gasteiger partial charge in [0, 0.05) is 18.9 Å². The second kappa shape index (κ2) is 5.64. The lowest BCUT2D eigenvalue weighted by molar-refractivity contribution is -0.120. The Morgan fingerprint density at radius 2 is 2.39 bits per heavy atom. The van der Waals surface area contributed by atoms with Crippen molar-refractivity contribution in [2.75, 3.05) is 13.1 Å². The van der Waals surface area contributed by atoms with Crippen molar-refractivity contribution in [3.63, 3.8) is 0 Å². The fraction of sp³-hybridized carbons (Fsp3) is 0.385. The molecule has 0 aliphatic carbocycles. The van der Waals surface area contributed by atoms with Gasteiger partial charge in [-0.2, -0.15) is 0 Å². The minimum absolute atomic E-state index is 0.0151. The van der Waals surface area contributed by atoms with Crippen molar-refractivity contribution in [1.29, 1.82) is 0 Å². The Hall–Kier alpha value is -1.88. The van der Waals surface area contributed by atoms with Crippen LogP contribution in [0.4, 0.5) is 0 Å². The molecule has 0 radical (unpaired) electrons. The third-order valence-electron chi connectivity index (χ3n) is 2.81. The van der Waals surface area contributed by atoms with E-state index in [4.69, 9.17) is 5.73 Å². The molecule has 96 valence electrons. The SMILES string of the molecule is CC(CN)CNC(=O)Cc1cn2ccccc2n1. The van der Waals surface area contributed by atoms with Gasteiger partial charge in [0.15, 0.2) is 0 Å². The van der Waals surface area contributed by atoms with E-state index >= 15 is 0 Å². The normalized spacial score (nSPS) is 12.6. The summed E-state index contributed by atoms with van der Waals surface area (Å²) in [5, 5.41) is 2.86. The third-order valence-corrected chi connectivity index (χ3v) is 2.81. The first-order valence-corrected chi connectivity index (χ1v) is 6.08. The number of nitrogens with one attached hydrogen (secondary N) is 1. The summed E-state index contributed by atoms with van der Waals surface area (Å²) in [5.41, 5.74) is 7.13. The predicted octanol–water partition coefficient (Wildman–Crippen LogP) is 0.588. The minimum atomic E-state index is -0.0151. The monoisotopic (exact) mass is 246 g/mol. The second-order valence-electron chi connectivity index (χ2n) is 4.52. The average molecular weight is 246 g/mol. The summed E-state index contributed by atoms with van der Waals surface area (Å²) in [6, 6.07) is 5.77. The maximum absolute atomic E-state index is 11.7. The van der Waals surface area contributed by atoms with E-state index in [2.05, 4.69) is 10.3 Å². The van der Waals surface area contributed by atoms with Crippen molar-refractivity contribution in [3.8, 4) is 0 Å². The number of hydrogen-bond donors (Lipinski definition) is 2. The number of nitrogens with two attached hydrogens (primary N) is 1. The van der Waals surface area contributed by atoms with Gasteiger partial charge in [-0.15, -0.1) is 0 Å². The van der Waals surface area contributed by atoms with Crippen LogP contribution in [0.3, 0.4) is 0 Å². The molecule has 1 unspecified atom stereocenters. The van der Waals surface area contributed by atoms with Gasteiger partial charge in [0.2, 0.25) is 5.91 Å². The molecule has 0 aromatic carbocycles. The van der Waals surface area contributed by atoms with E-state index in [1.165, 1.54) is 0 Å². The average Bonchev–Trinajstić information content (AvgIpc) is 2.77. The highest BCUT2D eigenvalue weighted by atomic mass is 16.1. The molecule has 2 heterocycles. The van der Waals surface area contributed by atoms with E-state index in [1.54, 1.807) is 0 Å². The van der Waals surface area contributed by atoms with E-state index in [0.29, 0.717) is 25.4 Å². The Labute approximate surface area is 106 Å². The van der Waals surface area contributed by atoms with E-state index in [1.807, 2.05) is 41.9 Å². The highest BCUT2D eigenvalue weighted by Crippen LogP contribution is 2.05. The zero-order valence-electron chi connectivity index (χ0n) is 10.5. The summed E-state index contributed by atoms with van der Waals surface area (Å²) < 4.78 is 1.91. The van der Waals surface area contributed by atoms with Crippen LogP contribution in [0.2, 0.25) is 0 Å². The molecule has 2 rings (SSSR count). The van der Waals surface area contributed by atoms with Gasteiger partial charge < -0.3 is 15.5 Å². The topological polar surface area (TPSA) is 72.4 Å². The zero-order valence-corrected chi connectivity index (χ0v) is 10.5. The lowest BCUT2D eigenvalue weighted by Gasteiger charge is -2.09. The Balaban J connectivity index is 1.94. The van der Waals surface area contributed by atoms with E-state index < -0.39 is 0 Å². The Morgan fingerprint density at radius 3 is 3.11 bits per heavy atom. The summed E-state index contributed by atoms with van der Waals surface area (Å²) in [6.07, 6.45) is 4.10.